The third-order valence-corrected chi connectivity index (χ3v) is 2.97. The number of nitrogens with one attached hydrogen (secondary N) is 1. The van der Waals surface area contributed by atoms with E-state index in [1.807, 2.05) is 0 Å². The summed E-state index contributed by atoms with van der Waals surface area (Å²) in [5.74, 6) is 0.137. The monoisotopic (exact) mass is 228 g/mol. The Morgan fingerprint density at radius 3 is 2.75 bits per heavy atom. The predicted octanol–water partition coefficient (Wildman–Crippen LogP) is -0.258. The standard InChI is InChI=1S/C11H20N2O3/c1-8(14)10-4-6-13(7-10)11(16)3-5-12-9(2)15/h8,10,14H,3-7H2,1-2H3,(H,12,15). The summed E-state index contributed by atoms with van der Waals surface area (Å²) in [6.45, 7) is 4.94. The number of aliphatic hydroxyl groups is 1. The van der Waals surface area contributed by atoms with Gasteiger partial charge in [0, 0.05) is 38.9 Å². The molecule has 1 heterocycles. The Hall–Kier alpha value is -1.10. The molecule has 1 saturated heterocycles. The molecular weight excluding hydrogens is 208 g/mol. The third-order valence-electron chi connectivity index (χ3n) is 2.97. The Morgan fingerprint density at radius 1 is 1.56 bits per heavy atom. The van der Waals surface area contributed by atoms with Crippen molar-refractivity contribution in [1.29, 1.82) is 0 Å². The van der Waals surface area contributed by atoms with Crippen LogP contribution in [-0.2, 0) is 9.59 Å². The van der Waals surface area contributed by atoms with Gasteiger partial charge in [0.05, 0.1) is 6.10 Å². The highest BCUT2D eigenvalue weighted by Gasteiger charge is 2.28. The molecule has 1 aliphatic rings. The van der Waals surface area contributed by atoms with Crippen LogP contribution in [0.5, 0.6) is 0 Å². The first-order valence-corrected chi connectivity index (χ1v) is 5.71. The normalized spacial score (nSPS) is 21.9. The van der Waals surface area contributed by atoms with Crippen molar-refractivity contribution >= 4 is 11.8 Å². The molecule has 1 rings (SSSR count). The number of likely N-dealkylation sites (tertiary alicyclic amines) is 1. The Labute approximate surface area is 95.8 Å². The average molecular weight is 228 g/mol. The molecule has 2 N–H and O–H groups in total. The van der Waals surface area contributed by atoms with Gasteiger partial charge in [0.25, 0.3) is 0 Å². The van der Waals surface area contributed by atoms with Crippen molar-refractivity contribution in [3.63, 3.8) is 0 Å². The van der Waals surface area contributed by atoms with Gasteiger partial charge in [-0.15, -0.1) is 0 Å². The smallest absolute Gasteiger partial charge is 0.224 e. The zero-order valence-corrected chi connectivity index (χ0v) is 9.90. The summed E-state index contributed by atoms with van der Waals surface area (Å²) < 4.78 is 0. The summed E-state index contributed by atoms with van der Waals surface area (Å²) in [7, 11) is 0. The summed E-state index contributed by atoms with van der Waals surface area (Å²) in [6.07, 6.45) is 0.850. The second kappa shape index (κ2) is 5.84. The minimum atomic E-state index is -0.354. The van der Waals surface area contributed by atoms with Crippen molar-refractivity contribution in [1.82, 2.24) is 10.2 Å². The molecule has 0 spiro atoms. The van der Waals surface area contributed by atoms with Crippen LogP contribution in [0.15, 0.2) is 0 Å². The molecule has 2 amide bonds. The molecule has 1 fully saturated rings. The predicted molar refractivity (Wildman–Crippen MR) is 59.7 cm³/mol. The Morgan fingerprint density at radius 2 is 2.25 bits per heavy atom. The molecule has 0 aliphatic carbocycles. The lowest BCUT2D eigenvalue weighted by atomic mass is 10.0. The van der Waals surface area contributed by atoms with Crippen molar-refractivity contribution < 1.29 is 14.7 Å². The molecule has 2 unspecified atom stereocenters. The molecular formula is C11H20N2O3. The van der Waals surface area contributed by atoms with Crippen LogP contribution < -0.4 is 5.32 Å². The van der Waals surface area contributed by atoms with E-state index in [-0.39, 0.29) is 23.8 Å². The fourth-order valence-corrected chi connectivity index (χ4v) is 1.91. The third kappa shape index (κ3) is 3.81. The largest absolute Gasteiger partial charge is 0.393 e. The number of rotatable bonds is 4. The van der Waals surface area contributed by atoms with Gasteiger partial charge in [0.15, 0.2) is 0 Å². The zero-order chi connectivity index (χ0) is 12.1. The van der Waals surface area contributed by atoms with Crippen LogP contribution in [0.1, 0.15) is 26.7 Å². The molecule has 0 saturated carbocycles. The fourth-order valence-electron chi connectivity index (χ4n) is 1.91. The van der Waals surface area contributed by atoms with Gasteiger partial charge < -0.3 is 15.3 Å². The molecule has 0 aromatic rings. The van der Waals surface area contributed by atoms with E-state index in [1.165, 1.54) is 6.92 Å². The van der Waals surface area contributed by atoms with E-state index in [4.69, 9.17) is 0 Å². The molecule has 5 nitrogen and oxygen atoms in total. The first-order valence-electron chi connectivity index (χ1n) is 5.71. The van der Waals surface area contributed by atoms with Gasteiger partial charge in [0.1, 0.15) is 0 Å². The summed E-state index contributed by atoms with van der Waals surface area (Å²) in [4.78, 5) is 24.1. The summed E-state index contributed by atoms with van der Waals surface area (Å²) in [6, 6.07) is 0. The van der Waals surface area contributed by atoms with Gasteiger partial charge in [-0.05, 0) is 13.3 Å². The molecule has 2 atom stereocenters. The van der Waals surface area contributed by atoms with Crippen LogP contribution in [0.3, 0.4) is 0 Å². The van der Waals surface area contributed by atoms with Gasteiger partial charge in [-0.3, -0.25) is 9.59 Å². The Balaban J connectivity index is 2.25. The van der Waals surface area contributed by atoms with E-state index in [2.05, 4.69) is 5.32 Å². The van der Waals surface area contributed by atoms with Gasteiger partial charge >= 0.3 is 0 Å². The minimum absolute atomic E-state index is 0.0527. The van der Waals surface area contributed by atoms with Crippen LogP contribution in [0.4, 0.5) is 0 Å². The highest BCUT2D eigenvalue weighted by atomic mass is 16.3. The molecule has 0 aromatic heterocycles. The van der Waals surface area contributed by atoms with E-state index in [0.717, 1.165) is 6.42 Å². The zero-order valence-electron chi connectivity index (χ0n) is 9.90. The first kappa shape index (κ1) is 13.0. The first-order chi connectivity index (χ1) is 7.50. The van der Waals surface area contributed by atoms with E-state index >= 15 is 0 Å². The van der Waals surface area contributed by atoms with Gasteiger partial charge in [-0.2, -0.15) is 0 Å². The second-order valence-electron chi connectivity index (χ2n) is 4.36. The number of hydrogen-bond acceptors (Lipinski definition) is 3. The molecule has 0 radical (unpaired) electrons. The topological polar surface area (TPSA) is 69.6 Å². The van der Waals surface area contributed by atoms with Crippen molar-refractivity contribution in [3.05, 3.63) is 0 Å². The van der Waals surface area contributed by atoms with E-state index < -0.39 is 0 Å². The van der Waals surface area contributed by atoms with Crippen molar-refractivity contribution in [3.8, 4) is 0 Å². The van der Waals surface area contributed by atoms with Crippen molar-refractivity contribution in [2.45, 2.75) is 32.8 Å². The van der Waals surface area contributed by atoms with Crippen LogP contribution >= 0.6 is 0 Å². The number of carbonyl (C=O) groups is 2. The van der Waals surface area contributed by atoms with Crippen LogP contribution in [0.25, 0.3) is 0 Å². The van der Waals surface area contributed by atoms with Gasteiger partial charge in [-0.25, -0.2) is 0 Å². The lowest BCUT2D eigenvalue weighted by Crippen LogP contribution is -2.33. The fraction of sp³-hybridized carbons (Fsp3) is 0.818. The van der Waals surface area contributed by atoms with Crippen LogP contribution in [-0.4, -0.2) is 47.6 Å². The number of amides is 2. The van der Waals surface area contributed by atoms with E-state index in [9.17, 15) is 14.7 Å². The number of nitrogens with zero attached hydrogens (tertiary/aromatic N) is 1. The quantitative estimate of drug-likeness (QED) is 0.696. The number of hydrogen-bond donors (Lipinski definition) is 2. The van der Waals surface area contributed by atoms with Crippen LogP contribution in [0.2, 0.25) is 0 Å². The van der Waals surface area contributed by atoms with Crippen molar-refractivity contribution in [2.75, 3.05) is 19.6 Å². The SMILES string of the molecule is CC(=O)NCCC(=O)N1CCC(C(C)O)C1. The van der Waals surface area contributed by atoms with Gasteiger partial charge in [-0.1, -0.05) is 0 Å². The van der Waals surface area contributed by atoms with Gasteiger partial charge in [0.2, 0.25) is 11.8 Å². The number of aliphatic hydroxyl groups excluding tert-OH is 1. The Bertz CT molecular complexity index is 266. The lowest BCUT2D eigenvalue weighted by Gasteiger charge is -2.17. The average Bonchev–Trinajstić information content (AvgIpc) is 2.65. The molecule has 92 valence electrons. The molecule has 16 heavy (non-hydrogen) atoms. The summed E-state index contributed by atoms with van der Waals surface area (Å²) in [5, 5.41) is 12.0. The maximum atomic E-state index is 11.7. The molecule has 0 bridgehead atoms. The molecule has 5 heteroatoms. The summed E-state index contributed by atoms with van der Waals surface area (Å²) >= 11 is 0. The van der Waals surface area contributed by atoms with Crippen molar-refractivity contribution in [2.24, 2.45) is 5.92 Å². The second-order valence-corrected chi connectivity index (χ2v) is 4.36. The lowest BCUT2D eigenvalue weighted by molar-refractivity contribution is -0.130. The highest BCUT2D eigenvalue weighted by molar-refractivity contribution is 5.78. The number of carbonyl (C=O) groups excluding carboxylic acids is 2. The Kier molecular flexibility index (Phi) is 4.73. The maximum Gasteiger partial charge on any atom is 0.224 e. The molecule has 1 aliphatic heterocycles. The molecule has 0 aromatic carbocycles. The minimum Gasteiger partial charge on any atom is -0.393 e. The maximum absolute atomic E-state index is 11.7. The summed E-state index contributed by atoms with van der Waals surface area (Å²) in [5.41, 5.74) is 0. The van der Waals surface area contributed by atoms with E-state index in [0.29, 0.717) is 26.1 Å². The van der Waals surface area contributed by atoms with Crippen LogP contribution in [0, 0.1) is 5.92 Å². The van der Waals surface area contributed by atoms with E-state index in [1.54, 1.807) is 11.8 Å². The highest BCUT2D eigenvalue weighted by Crippen LogP contribution is 2.19.